The van der Waals surface area contributed by atoms with Crippen LogP contribution in [0.3, 0.4) is 0 Å². The van der Waals surface area contributed by atoms with Crippen molar-refractivity contribution in [2.75, 3.05) is 53.4 Å². The monoisotopic (exact) mass is 485 g/mol. The van der Waals surface area contributed by atoms with Crippen LogP contribution in [0.2, 0.25) is 0 Å². The van der Waals surface area contributed by atoms with Crippen molar-refractivity contribution in [2.24, 2.45) is 0 Å². The van der Waals surface area contributed by atoms with Crippen molar-refractivity contribution in [3.8, 4) is 17.1 Å². The molecular formula is C24H31N5O4S. The van der Waals surface area contributed by atoms with Gasteiger partial charge in [0.1, 0.15) is 12.4 Å². The summed E-state index contributed by atoms with van der Waals surface area (Å²) in [5, 5.41) is 4.14. The number of piperazine rings is 1. The van der Waals surface area contributed by atoms with Gasteiger partial charge in [-0.3, -0.25) is 9.80 Å². The van der Waals surface area contributed by atoms with Crippen LogP contribution in [0.5, 0.6) is 5.75 Å². The Kier molecular flexibility index (Phi) is 7.62. The van der Waals surface area contributed by atoms with E-state index in [-0.39, 0.29) is 10.9 Å². The minimum Gasteiger partial charge on any atom is -0.492 e. The quantitative estimate of drug-likeness (QED) is 0.457. The summed E-state index contributed by atoms with van der Waals surface area (Å²) in [6.07, 6.45) is 0. The number of ether oxygens (including phenoxy) is 1. The Morgan fingerprint density at radius 1 is 1.03 bits per heavy atom. The van der Waals surface area contributed by atoms with Crippen molar-refractivity contribution in [1.29, 1.82) is 0 Å². The van der Waals surface area contributed by atoms with Crippen LogP contribution in [0, 0.1) is 0 Å². The van der Waals surface area contributed by atoms with Gasteiger partial charge in [0, 0.05) is 52.4 Å². The fourth-order valence-electron chi connectivity index (χ4n) is 3.85. The van der Waals surface area contributed by atoms with Gasteiger partial charge in [-0.2, -0.15) is 4.98 Å². The molecule has 1 aliphatic heterocycles. The summed E-state index contributed by atoms with van der Waals surface area (Å²) in [7, 11) is -0.391. The number of aromatic nitrogens is 2. The molecular weight excluding hydrogens is 454 g/mol. The van der Waals surface area contributed by atoms with Gasteiger partial charge >= 0.3 is 0 Å². The van der Waals surface area contributed by atoms with Crippen LogP contribution in [0.4, 0.5) is 0 Å². The van der Waals surface area contributed by atoms with E-state index in [0.29, 0.717) is 24.1 Å². The zero-order valence-corrected chi connectivity index (χ0v) is 20.6. The van der Waals surface area contributed by atoms with E-state index in [2.05, 4.69) is 26.9 Å². The maximum Gasteiger partial charge on any atom is 0.244 e. The third-order valence-corrected chi connectivity index (χ3v) is 7.89. The molecule has 0 N–H and O–H groups in total. The van der Waals surface area contributed by atoms with Crippen LogP contribution in [0.15, 0.2) is 64.0 Å². The van der Waals surface area contributed by atoms with Gasteiger partial charge in [-0.05, 0) is 31.2 Å². The van der Waals surface area contributed by atoms with Crippen LogP contribution in [0.1, 0.15) is 18.9 Å². The molecule has 1 unspecified atom stereocenters. The smallest absolute Gasteiger partial charge is 0.244 e. The number of hydrogen-bond acceptors (Lipinski definition) is 8. The zero-order valence-electron chi connectivity index (χ0n) is 19.8. The van der Waals surface area contributed by atoms with Crippen LogP contribution in [-0.2, 0) is 10.0 Å². The first-order chi connectivity index (χ1) is 16.3. The third kappa shape index (κ3) is 5.64. The van der Waals surface area contributed by atoms with E-state index >= 15 is 0 Å². The van der Waals surface area contributed by atoms with Crippen molar-refractivity contribution in [1.82, 2.24) is 24.2 Å². The Labute approximate surface area is 201 Å². The van der Waals surface area contributed by atoms with Crippen LogP contribution in [-0.4, -0.2) is 86.1 Å². The Morgan fingerprint density at radius 3 is 2.35 bits per heavy atom. The van der Waals surface area contributed by atoms with Gasteiger partial charge in [-0.1, -0.05) is 35.5 Å². The number of benzene rings is 2. The molecule has 1 fully saturated rings. The average Bonchev–Trinajstić information content (AvgIpc) is 3.35. The Morgan fingerprint density at radius 2 is 1.71 bits per heavy atom. The van der Waals surface area contributed by atoms with Gasteiger partial charge in [-0.15, -0.1) is 0 Å². The van der Waals surface area contributed by atoms with E-state index in [0.717, 1.165) is 38.3 Å². The lowest BCUT2D eigenvalue weighted by Gasteiger charge is -2.36. The fourth-order valence-corrected chi connectivity index (χ4v) is 4.75. The molecule has 0 spiro atoms. The number of nitrogens with zero attached hydrogens (tertiary/aromatic N) is 5. The molecule has 0 radical (unpaired) electrons. The maximum atomic E-state index is 12.2. The highest BCUT2D eigenvalue weighted by atomic mass is 32.2. The van der Waals surface area contributed by atoms with Gasteiger partial charge in [0.15, 0.2) is 0 Å². The molecule has 1 saturated heterocycles. The van der Waals surface area contributed by atoms with Crippen LogP contribution >= 0.6 is 0 Å². The lowest BCUT2D eigenvalue weighted by Crippen LogP contribution is -2.48. The first-order valence-corrected chi connectivity index (χ1v) is 12.8. The molecule has 1 aromatic heterocycles. The lowest BCUT2D eigenvalue weighted by molar-refractivity contribution is 0.0800. The van der Waals surface area contributed by atoms with Crippen molar-refractivity contribution >= 4 is 10.0 Å². The van der Waals surface area contributed by atoms with Crippen molar-refractivity contribution in [3.63, 3.8) is 0 Å². The van der Waals surface area contributed by atoms with E-state index in [1.807, 2.05) is 30.3 Å². The Balaban J connectivity index is 1.22. The number of hydrogen-bond donors (Lipinski definition) is 0. The standard InChI is InChI=1S/C24H31N5O4S/c1-19(24-25-23(26-33-24)20-7-5-4-6-8-20)29-15-13-28(14-16-29)17-18-32-21-9-11-22(12-10-21)34(30,31)27(2)3/h4-12,19H,13-18H2,1-3H3. The molecule has 0 bridgehead atoms. The molecule has 4 rings (SSSR count). The van der Waals surface area contributed by atoms with E-state index in [4.69, 9.17) is 9.26 Å². The molecule has 3 aromatic rings. The van der Waals surface area contributed by atoms with E-state index < -0.39 is 10.0 Å². The summed E-state index contributed by atoms with van der Waals surface area (Å²) in [4.78, 5) is 9.56. The number of rotatable bonds is 9. The van der Waals surface area contributed by atoms with Gasteiger partial charge in [-0.25, -0.2) is 12.7 Å². The molecule has 1 aliphatic rings. The Hall–Kier alpha value is -2.79. The normalized spacial score (nSPS) is 16.6. The van der Waals surface area contributed by atoms with Gasteiger partial charge in [0.05, 0.1) is 10.9 Å². The molecule has 10 heteroatoms. The van der Waals surface area contributed by atoms with E-state index in [9.17, 15) is 8.42 Å². The molecule has 9 nitrogen and oxygen atoms in total. The molecule has 2 aromatic carbocycles. The largest absolute Gasteiger partial charge is 0.492 e. The molecule has 0 aliphatic carbocycles. The number of sulfonamides is 1. The predicted molar refractivity (Wildman–Crippen MR) is 129 cm³/mol. The molecule has 1 atom stereocenters. The topological polar surface area (TPSA) is 92.0 Å². The van der Waals surface area contributed by atoms with Crippen molar-refractivity contribution in [3.05, 3.63) is 60.5 Å². The van der Waals surface area contributed by atoms with E-state index in [1.54, 1.807) is 24.3 Å². The third-order valence-electron chi connectivity index (χ3n) is 6.06. The Bertz CT molecular complexity index is 1160. The molecule has 2 heterocycles. The van der Waals surface area contributed by atoms with Gasteiger partial charge < -0.3 is 9.26 Å². The molecule has 0 amide bonds. The minimum absolute atomic E-state index is 0.0559. The van der Waals surface area contributed by atoms with E-state index in [1.165, 1.54) is 18.4 Å². The highest BCUT2D eigenvalue weighted by molar-refractivity contribution is 7.89. The predicted octanol–water partition coefficient (Wildman–Crippen LogP) is 2.74. The van der Waals surface area contributed by atoms with Crippen LogP contribution < -0.4 is 4.74 Å². The summed E-state index contributed by atoms with van der Waals surface area (Å²) in [6.45, 7) is 7.10. The highest BCUT2D eigenvalue weighted by Crippen LogP contribution is 2.23. The van der Waals surface area contributed by atoms with Crippen molar-refractivity contribution in [2.45, 2.75) is 17.9 Å². The second-order valence-corrected chi connectivity index (χ2v) is 10.6. The fraction of sp³-hybridized carbons (Fsp3) is 0.417. The van der Waals surface area contributed by atoms with Crippen molar-refractivity contribution < 1.29 is 17.7 Å². The SMILES string of the molecule is CC(c1nc(-c2ccccc2)no1)N1CCN(CCOc2ccc(S(=O)(=O)N(C)C)cc2)CC1. The second kappa shape index (κ2) is 10.6. The summed E-state index contributed by atoms with van der Waals surface area (Å²) in [5.41, 5.74) is 0.948. The lowest BCUT2D eigenvalue weighted by atomic mass is 10.2. The molecule has 182 valence electrons. The summed E-state index contributed by atoms with van der Waals surface area (Å²) in [5.74, 6) is 1.91. The summed E-state index contributed by atoms with van der Waals surface area (Å²) in [6, 6.07) is 16.4. The summed E-state index contributed by atoms with van der Waals surface area (Å²) >= 11 is 0. The highest BCUT2D eigenvalue weighted by Gasteiger charge is 2.26. The average molecular weight is 486 g/mol. The van der Waals surface area contributed by atoms with Gasteiger partial charge in [0.25, 0.3) is 0 Å². The molecule has 34 heavy (non-hydrogen) atoms. The minimum atomic E-state index is -3.43. The zero-order chi connectivity index (χ0) is 24.1. The molecule has 0 saturated carbocycles. The first kappa shape index (κ1) is 24.3. The second-order valence-electron chi connectivity index (χ2n) is 8.48. The van der Waals surface area contributed by atoms with Crippen LogP contribution in [0.25, 0.3) is 11.4 Å². The maximum absolute atomic E-state index is 12.2. The summed E-state index contributed by atoms with van der Waals surface area (Å²) < 4.78 is 36.9. The van der Waals surface area contributed by atoms with Gasteiger partial charge in [0.2, 0.25) is 21.7 Å². The first-order valence-electron chi connectivity index (χ1n) is 11.4.